The summed E-state index contributed by atoms with van der Waals surface area (Å²) in [6.07, 6.45) is 1.86. The van der Waals surface area contributed by atoms with Crippen molar-refractivity contribution in [2.24, 2.45) is 11.8 Å². The second kappa shape index (κ2) is 4.66. The summed E-state index contributed by atoms with van der Waals surface area (Å²) in [7, 11) is 0. The summed E-state index contributed by atoms with van der Waals surface area (Å²) < 4.78 is 0. The zero-order chi connectivity index (χ0) is 16.4. The molecule has 2 saturated heterocycles. The van der Waals surface area contributed by atoms with E-state index >= 15 is 0 Å². The van der Waals surface area contributed by atoms with Crippen LogP contribution in [0.2, 0.25) is 0 Å². The van der Waals surface area contributed by atoms with Gasteiger partial charge >= 0.3 is 0 Å². The Morgan fingerprint density at radius 1 is 1.26 bits per heavy atom. The second-order valence-electron chi connectivity index (χ2n) is 7.39. The maximum Gasteiger partial charge on any atom is 0.255 e. The molecule has 3 fully saturated rings. The molecule has 23 heavy (non-hydrogen) atoms. The molecule has 1 N–H and O–H groups in total. The third-order valence-electron chi connectivity index (χ3n) is 5.41. The molecular weight excluding hydrogens is 292 g/mol. The number of benzene rings is 1. The molecule has 5 rings (SSSR count). The number of fused-ring (bicyclic) bond motifs is 3. The van der Waals surface area contributed by atoms with E-state index in [1.807, 2.05) is 12.1 Å². The van der Waals surface area contributed by atoms with Gasteiger partial charge in [-0.05, 0) is 42.4 Å². The maximum absolute atomic E-state index is 12.9. The Kier molecular flexibility index (Phi) is 2.92. The van der Waals surface area contributed by atoms with Gasteiger partial charge in [0.05, 0.1) is 0 Å². The van der Waals surface area contributed by atoms with E-state index in [9.17, 15) is 14.4 Å². The van der Waals surface area contributed by atoms with Crippen molar-refractivity contribution in [3.8, 4) is 0 Å². The van der Waals surface area contributed by atoms with Gasteiger partial charge in [0.25, 0.3) is 11.8 Å². The predicted octanol–water partition coefficient (Wildman–Crippen LogP) is 1.65. The van der Waals surface area contributed by atoms with Gasteiger partial charge in [-0.25, -0.2) is 0 Å². The Labute approximate surface area is 135 Å². The molecule has 120 valence electrons. The highest BCUT2D eigenvalue weighted by Gasteiger charge is 2.63. The van der Waals surface area contributed by atoms with E-state index in [1.165, 1.54) is 5.56 Å². The topological polar surface area (TPSA) is 66.5 Å². The molecule has 3 heterocycles. The second-order valence-corrected chi connectivity index (χ2v) is 7.39. The molecule has 2 bridgehead atoms. The van der Waals surface area contributed by atoms with Crippen LogP contribution in [-0.2, 0) is 22.6 Å². The van der Waals surface area contributed by atoms with Crippen LogP contribution >= 0.6 is 0 Å². The smallest absolute Gasteiger partial charge is 0.255 e. The molecule has 0 unspecified atom stereocenters. The number of imide groups is 1. The molecular formula is C18H20N2O3. The van der Waals surface area contributed by atoms with Gasteiger partial charge in [0.2, 0.25) is 5.91 Å². The molecule has 1 aliphatic carbocycles. The van der Waals surface area contributed by atoms with Crippen LogP contribution in [0.25, 0.3) is 0 Å². The van der Waals surface area contributed by atoms with Crippen LogP contribution in [-0.4, -0.2) is 28.2 Å². The first kappa shape index (κ1) is 14.4. The number of piperidine rings is 2. The summed E-state index contributed by atoms with van der Waals surface area (Å²) in [6, 6.07) is 5.84. The number of hydrogen-bond acceptors (Lipinski definition) is 3. The fourth-order valence-electron chi connectivity index (χ4n) is 4.17. The van der Waals surface area contributed by atoms with Gasteiger partial charge in [-0.1, -0.05) is 26.0 Å². The molecule has 0 atom stereocenters. The van der Waals surface area contributed by atoms with Crippen LogP contribution in [0.3, 0.4) is 0 Å². The first-order valence-electron chi connectivity index (χ1n) is 8.20. The fourth-order valence-corrected chi connectivity index (χ4v) is 4.17. The summed E-state index contributed by atoms with van der Waals surface area (Å²) in [5, 5.41) is 2.42. The van der Waals surface area contributed by atoms with Gasteiger partial charge in [-0.3, -0.25) is 19.7 Å². The van der Waals surface area contributed by atoms with Gasteiger partial charge in [0, 0.05) is 18.0 Å². The Bertz CT molecular complexity index is 732. The van der Waals surface area contributed by atoms with E-state index in [2.05, 4.69) is 25.2 Å². The summed E-state index contributed by atoms with van der Waals surface area (Å²) in [5.41, 5.74) is 2.14. The Morgan fingerprint density at radius 2 is 2.00 bits per heavy atom. The molecule has 0 radical (unpaired) electrons. The minimum absolute atomic E-state index is 0.0754. The predicted molar refractivity (Wildman–Crippen MR) is 83.5 cm³/mol. The van der Waals surface area contributed by atoms with Crippen molar-refractivity contribution in [1.82, 2.24) is 10.2 Å². The van der Waals surface area contributed by atoms with Crippen molar-refractivity contribution < 1.29 is 14.4 Å². The highest BCUT2D eigenvalue weighted by molar-refractivity contribution is 6.10. The van der Waals surface area contributed by atoms with Gasteiger partial charge in [0.1, 0.15) is 5.54 Å². The van der Waals surface area contributed by atoms with Crippen LogP contribution in [0.5, 0.6) is 0 Å². The first-order chi connectivity index (χ1) is 10.9. The van der Waals surface area contributed by atoms with Gasteiger partial charge in [-0.15, -0.1) is 0 Å². The van der Waals surface area contributed by atoms with E-state index in [1.54, 1.807) is 4.90 Å². The van der Waals surface area contributed by atoms with Crippen molar-refractivity contribution >= 4 is 17.7 Å². The largest absolute Gasteiger partial charge is 0.319 e. The number of nitrogens with one attached hydrogen (secondary N) is 1. The number of amides is 3. The molecule has 4 aliphatic rings. The van der Waals surface area contributed by atoms with Gasteiger partial charge in [0.15, 0.2) is 0 Å². The zero-order valence-electron chi connectivity index (χ0n) is 13.4. The van der Waals surface area contributed by atoms with Crippen molar-refractivity contribution in [3.05, 3.63) is 34.9 Å². The Morgan fingerprint density at radius 3 is 2.65 bits per heavy atom. The maximum atomic E-state index is 12.9. The molecule has 5 heteroatoms. The summed E-state index contributed by atoms with van der Waals surface area (Å²) in [4.78, 5) is 38.6. The lowest BCUT2D eigenvalue weighted by molar-refractivity contribution is -0.160. The highest BCUT2D eigenvalue weighted by Crippen LogP contribution is 2.49. The van der Waals surface area contributed by atoms with Gasteiger partial charge in [-0.2, -0.15) is 0 Å². The van der Waals surface area contributed by atoms with Gasteiger partial charge < -0.3 is 4.90 Å². The Balaban J connectivity index is 1.68. The van der Waals surface area contributed by atoms with Crippen LogP contribution in [0, 0.1) is 11.8 Å². The number of nitrogens with zero attached hydrogens (tertiary/aromatic N) is 1. The molecule has 3 amide bonds. The quantitative estimate of drug-likeness (QED) is 0.863. The number of carbonyl (C=O) groups is 3. The molecule has 3 aliphatic heterocycles. The van der Waals surface area contributed by atoms with E-state index in [4.69, 9.17) is 0 Å². The lowest BCUT2D eigenvalue weighted by Gasteiger charge is -2.53. The van der Waals surface area contributed by atoms with Crippen molar-refractivity contribution in [2.45, 2.75) is 45.2 Å². The normalized spacial score (nSPS) is 28.7. The van der Waals surface area contributed by atoms with E-state index in [0.29, 0.717) is 30.9 Å². The summed E-state index contributed by atoms with van der Waals surface area (Å²) in [6.45, 7) is 4.79. The molecule has 0 aromatic heterocycles. The average Bonchev–Trinajstić information content (AvgIpc) is 2.76. The van der Waals surface area contributed by atoms with E-state index in [0.717, 1.165) is 12.0 Å². The SMILES string of the molecule is CC(C)Cc1cccc2c1CN(C13CC(C1)C(=O)NC3=O)C2=O. The summed E-state index contributed by atoms with van der Waals surface area (Å²) in [5.74, 6) is -0.196. The van der Waals surface area contributed by atoms with Crippen molar-refractivity contribution in [1.29, 1.82) is 0 Å². The Hall–Kier alpha value is -2.17. The molecule has 1 saturated carbocycles. The monoisotopic (exact) mass is 312 g/mol. The summed E-state index contributed by atoms with van der Waals surface area (Å²) >= 11 is 0. The van der Waals surface area contributed by atoms with E-state index < -0.39 is 5.54 Å². The fraction of sp³-hybridized carbons (Fsp3) is 0.500. The number of hydrogen-bond donors (Lipinski definition) is 1. The zero-order valence-corrected chi connectivity index (χ0v) is 13.4. The van der Waals surface area contributed by atoms with Crippen molar-refractivity contribution in [2.75, 3.05) is 0 Å². The van der Waals surface area contributed by atoms with Crippen LogP contribution in [0.4, 0.5) is 0 Å². The lowest BCUT2D eigenvalue weighted by Crippen LogP contribution is -2.73. The minimum Gasteiger partial charge on any atom is -0.319 e. The van der Waals surface area contributed by atoms with Crippen molar-refractivity contribution in [3.63, 3.8) is 0 Å². The molecule has 1 aromatic carbocycles. The standard InChI is InChI=1S/C18H20N2O3/c1-10(2)6-11-4-3-5-13-14(11)9-20(16(13)22)18-7-12(8-18)15(21)19-17(18)23/h3-5,10,12H,6-9H2,1-2H3,(H,19,21,23). The van der Waals surface area contributed by atoms with Crippen LogP contribution in [0.15, 0.2) is 18.2 Å². The third kappa shape index (κ3) is 1.89. The molecule has 0 spiro atoms. The van der Waals surface area contributed by atoms with Crippen LogP contribution in [0.1, 0.15) is 48.2 Å². The lowest BCUT2D eigenvalue weighted by atomic mass is 9.63. The first-order valence-corrected chi connectivity index (χ1v) is 8.20. The third-order valence-corrected chi connectivity index (χ3v) is 5.41. The highest BCUT2D eigenvalue weighted by atomic mass is 16.2. The van der Waals surface area contributed by atoms with Crippen LogP contribution < -0.4 is 5.32 Å². The number of carbonyl (C=O) groups excluding carboxylic acids is 3. The van der Waals surface area contributed by atoms with E-state index in [-0.39, 0.29) is 23.6 Å². The molecule has 5 nitrogen and oxygen atoms in total. The molecule has 1 aromatic rings. The number of rotatable bonds is 3. The minimum atomic E-state index is -0.816. The average molecular weight is 312 g/mol.